The molecule has 3 aromatic rings. The number of benzene rings is 2. The molecular formula is C21H16ClN2NaO4S. The fourth-order valence-corrected chi connectivity index (χ4v) is 3.35. The second-order valence-corrected chi connectivity index (χ2v) is 7.37. The normalized spacial score (nSPS) is 10.0. The van der Waals surface area contributed by atoms with Crippen LogP contribution < -0.4 is 44.7 Å². The summed E-state index contributed by atoms with van der Waals surface area (Å²) in [6.45, 7) is 0.290. The van der Waals surface area contributed by atoms with Crippen LogP contribution in [0.15, 0.2) is 71.9 Å². The molecule has 2 aromatic carbocycles. The molecule has 0 bridgehead atoms. The van der Waals surface area contributed by atoms with Crippen LogP contribution in [-0.4, -0.2) is 22.6 Å². The summed E-state index contributed by atoms with van der Waals surface area (Å²) in [6, 6.07) is 17.6. The number of carbonyl (C=O) groups excluding carboxylic acids is 2. The monoisotopic (exact) mass is 450 g/mol. The van der Waals surface area contributed by atoms with Crippen molar-refractivity contribution in [2.45, 2.75) is 11.6 Å². The Balaban J connectivity index is 0.00000320. The molecule has 1 N–H and O–H groups in total. The number of nitrogens with zero attached hydrogens (tertiary/aromatic N) is 1. The Morgan fingerprint density at radius 3 is 2.60 bits per heavy atom. The van der Waals surface area contributed by atoms with Crippen LogP contribution >= 0.6 is 23.4 Å². The molecule has 9 heteroatoms. The van der Waals surface area contributed by atoms with Gasteiger partial charge < -0.3 is 20.0 Å². The van der Waals surface area contributed by atoms with Crippen LogP contribution in [0.1, 0.15) is 15.9 Å². The number of hydrogen-bond donors (Lipinski definition) is 1. The van der Waals surface area contributed by atoms with Crippen LogP contribution in [0.2, 0.25) is 5.02 Å². The number of carboxylic acids is 1. The maximum absolute atomic E-state index is 12.3. The molecule has 0 atom stereocenters. The zero-order chi connectivity index (χ0) is 20.6. The van der Waals surface area contributed by atoms with E-state index in [1.54, 1.807) is 18.2 Å². The van der Waals surface area contributed by atoms with Crippen LogP contribution in [0, 0.1) is 0 Å². The minimum absolute atomic E-state index is 0. The van der Waals surface area contributed by atoms with Crippen molar-refractivity contribution in [3.63, 3.8) is 0 Å². The van der Waals surface area contributed by atoms with E-state index in [0.717, 1.165) is 17.3 Å². The summed E-state index contributed by atoms with van der Waals surface area (Å²) in [5.41, 5.74) is 1.44. The first kappa shape index (κ1) is 24.2. The molecule has 1 aromatic heterocycles. The maximum Gasteiger partial charge on any atom is 1.00 e. The third-order valence-electron chi connectivity index (χ3n) is 3.80. The molecule has 3 rings (SSSR count). The van der Waals surface area contributed by atoms with Gasteiger partial charge in [-0.1, -0.05) is 41.9 Å². The van der Waals surface area contributed by atoms with E-state index in [1.165, 1.54) is 18.3 Å². The number of anilines is 1. The van der Waals surface area contributed by atoms with Gasteiger partial charge in [0.05, 0.1) is 18.2 Å². The number of ether oxygens (including phenoxy) is 1. The largest absolute Gasteiger partial charge is 1.00 e. The molecule has 0 fully saturated rings. The van der Waals surface area contributed by atoms with Crippen LogP contribution in [0.25, 0.3) is 0 Å². The van der Waals surface area contributed by atoms with Gasteiger partial charge in [0.1, 0.15) is 17.4 Å². The molecule has 0 unspecified atom stereocenters. The summed E-state index contributed by atoms with van der Waals surface area (Å²) in [7, 11) is 0. The zero-order valence-corrected chi connectivity index (χ0v) is 19.7. The van der Waals surface area contributed by atoms with Gasteiger partial charge in [-0.3, -0.25) is 4.79 Å². The number of rotatable bonds is 8. The second kappa shape index (κ2) is 12.0. The Hall–Kier alpha value is -2.03. The first-order valence-corrected chi connectivity index (χ1v) is 9.79. The molecule has 0 aliphatic heterocycles. The minimum Gasteiger partial charge on any atom is -0.545 e. The number of aromatic nitrogens is 1. The topological polar surface area (TPSA) is 91.3 Å². The molecule has 0 aliphatic rings. The molecule has 0 amide bonds. The molecule has 0 aliphatic carbocycles. The number of carbonyl (C=O) groups is 2. The first-order valence-electron chi connectivity index (χ1n) is 8.60. The predicted octanol–water partition coefficient (Wildman–Crippen LogP) is 0.412. The van der Waals surface area contributed by atoms with Gasteiger partial charge >= 0.3 is 29.6 Å². The molecule has 0 saturated carbocycles. The van der Waals surface area contributed by atoms with Crippen molar-refractivity contribution >= 4 is 40.1 Å². The number of carboxylic acid groups (broad SMARTS) is 1. The number of nitrogens with one attached hydrogen (secondary N) is 1. The maximum atomic E-state index is 12.3. The predicted molar refractivity (Wildman–Crippen MR) is 110 cm³/mol. The molecule has 30 heavy (non-hydrogen) atoms. The van der Waals surface area contributed by atoms with E-state index in [9.17, 15) is 14.7 Å². The number of pyridine rings is 1. The van der Waals surface area contributed by atoms with E-state index >= 15 is 0 Å². The van der Waals surface area contributed by atoms with Crippen molar-refractivity contribution in [3.8, 4) is 5.75 Å². The van der Waals surface area contributed by atoms with Gasteiger partial charge in [0, 0.05) is 16.8 Å². The van der Waals surface area contributed by atoms with Crippen molar-refractivity contribution in [1.82, 2.24) is 4.98 Å². The summed E-state index contributed by atoms with van der Waals surface area (Å²) >= 11 is 6.80. The van der Waals surface area contributed by atoms with Crippen LogP contribution in [-0.2, 0) is 11.4 Å². The molecule has 0 saturated heterocycles. The quantitative estimate of drug-likeness (QED) is 0.392. The van der Waals surface area contributed by atoms with Gasteiger partial charge in [-0.05, 0) is 47.7 Å². The Morgan fingerprint density at radius 2 is 1.87 bits per heavy atom. The average molecular weight is 451 g/mol. The van der Waals surface area contributed by atoms with Gasteiger partial charge in [0.2, 0.25) is 5.12 Å². The van der Waals surface area contributed by atoms with E-state index in [1.807, 2.05) is 30.3 Å². The molecule has 1 heterocycles. The Kier molecular flexibility index (Phi) is 9.68. The van der Waals surface area contributed by atoms with Crippen molar-refractivity contribution in [3.05, 3.63) is 83.0 Å². The molecule has 0 spiro atoms. The van der Waals surface area contributed by atoms with Gasteiger partial charge in [-0.15, -0.1) is 0 Å². The van der Waals surface area contributed by atoms with Gasteiger partial charge in [-0.25, -0.2) is 4.98 Å². The molecule has 6 nitrogen and oxygen atoms in total. The summed E-state index contributed by atoms with van der Waals surface area (Å²) in [5.74, 6) is -0.836. The molecule has 0 radical (unpaired) electrons. The Bertz CT molecular complexity index is 1020. The van der Waals surface area contributed by atoms with Crippen molar-refractivity contribution in [2.24, 2.45) is 0 Å². The smallest absolute Gasteiger partial charge is 0.545 e. The van der Waals surface area contributed by atoms with E-state index in [-0.39, 0.29) is 51.8 Å². The third kappa shape index (κ3) is 7.04. The van der Waals surface area contributed by atoms with Crippen molar-refractivity contribution in [1.29, 1.82) is 0 Å². The average Bonchev–Trinajstić information content (AvgIpc) is 2.72. The third-order valence-corrected chi connectivity index (χ3v) is 4.93. The van der Waals surface area contributed by atoms with Crippen molar-refractivity contribution < 1.29 is 49.0 Å². The second-order valence-electron chi connectivity index (χ2n) is 5.89. The molecule has 148 valence electrons. The van der Waals surface area contributed by atoms with Crippen LogP contribution in [0.4, 0.5) is 5.69 Å². The van der Waals surface area contributed by atoms with Crippen LogP contribution in [0.3, 0.4) is 0 Å². The number of halogens is 1. The summed E-state index contributed by atoms with van der Waals surface area (Å²) in [6.07, 6.45) is 1.42. The fourth-order valence-electron chi connectivity index (χ4n) is 2.44. The SMILES string of the molecule is O=C(CNc1cc(Cl)ccc1OCc1ccccc1)Sc1ncccc1C(=O)[O-].[Na+]. The van der Waals surface area contributed by atoms with E-state index in [0.29, 0.717) is 23.1 Å². The molecular weight excluding hydrogens is 435 g/mol. The number of hydrogen-bond acceptors (Lipinski definition) is 7. The minimum atomic E-state index is -1.38. The summed E-state index contributed by atoms with van der Waals surface area (Å²) in [4.78, 5) is 27.4. The van der Waals surface area contributed by atoms with Gasteiger partial charge in [-0.2, -0.15) is 0 Å². The summed E-state index contributed by atoms with van der Waals surface area (Å²) in [5, 5.41) is 14.4. The standard InChI is InChI=1S/C21H17ClN2O4S.Na/c22-15-8-9-18(28-13-14-5-2-1-3-6-14)17(11-15)24-12-19(25)29-20-16(21(26)27)7-4-10-23-20;/h1-11,24H,12-13H2,(H,26,27);/q;+1/p-1. The first-order chi connectivity index (χ1) is 14.0. The van der Waals surface area contributed by atoms with Gasteiger partial charge in [0.25, 0.3) is 0 Å². The number of aromatic carboxylic acids is 1. The fraction of sp³-hybridized carbons (Fsp3) is 0.0952. The Morgan fingerprint density at radius 1 is 1.10 bits per heavy atom. The van der Waals surface area contributed by atoms with E-state index in [4.69, 9.17) is 16.3 Å². The Labute approximate surface area is 205 Å². The number of thioether (sulfide) groups is 1. The van der Waals surface area contributed by atoms with Crippen molar-refractivity contribution in [2.75, 3.05) is 11.9 Å². The van der Waals surface area contributed by atoms with Crippen LogP contribution in [0.5, 0.6) is 5.75 Å². The zero-order valence-electron chi connectivity index (χ0n) is 16.1. The van der Waals surface area contributed by atoms with E-state index < -0.39 is 5.97 Å². The van der Waals surface area contributed by atoms with Gasteiger partial charge in [0.15, 0.2) is 0 Å². The van der Waals surface area contributed by atoms with E-state index in [2.05, 4.69) is 10.3 Å². The summed E-state index contributed by atoms with van der Waals surface area (Å²) < 4.78 is 5.84.